The molecule has 27 heavy (non-hydrogen) atoms. The first-order valence-electron chi connectivity index (χ1n) is 7.97. The number of benzene rings is 1. The molecular weight excluding hydrogens is 462 g/mol. The maximum Gasteiger partial charge on any atom is 0.171 e. The van der Waals surface area contributed by atoms with Gasteiger partial charge in [-0.2, -0.15) is 5.26 Å². The third-order valence-electron chi connectivity index (χ3n) is 4.00. The topological polar surface area (TPSA) is 87.0 Å². The molecule has 0 aliphatic rings. The highest BCUT2D eigenvalue weighted by Gasteiger charge is 2.47. The normalized spacial score (nSPS) is 16.4. The van der Waals surface area contributed by atoms with E-state index >= 15 is 0 Å². The third kappa shape index (κ3) is 5.34. The van der Waals surface area contributed by atoms with Crippen molar-refractivity contribution in [2.75, 3.05) is 12.4 Å². The van der Waals surface area contributed by atoms with Crippen molar-refractivity contribution in [3.05, 3.63) is 34.1 Å². The number of nitrogens with zero attached hydrogens (tertiary/aromatic N) is 1. The molecule has 152 valence electrons. The maximum atomic E-state index is 14.6. The highest BCUT2D eigenvalue weighted by atomic mass is 79.9. The van der Waals surface area contributed by atoms with Crippen LogP contribution in [0.4, 0.5) is 8.78 Å². The van der Waals surface area contributed by atoms with Gasteiger partial charge in [-0.05, 0) is 52.8 Å². The number of sulfone groups is 1. The Hall–Kier alpha value is -0.890. The van der Waals surface area contributed by atoms with Gasteiger partial charge in [0.25, 0.3) is 0 Å². The van der Waals surface area contributed by atoms with Crippen molar-refractivity contribution in [1.82, 2.24) is 4.72 Å². The predicted octanol–water partition coefficient (Wildman–Crippen LogP) is 3.52. The molecule has 2 atom stereocenters. The molecular formula is C17H23BrF2N2O3S2. The molecule has 0 radical (unpaired) electrons. The summed E-state index contributed by atoms with van der Waals surface area (Å²) in [5, 5.41) is 9.19. The molecule has 1 rings (SSSR count). The minimum absolute atomic E-state index is 0.283. The lowest BCUT2D eigenvalue weighted by Crippen LogP contribution is -2.55. The average Bonchev–Trinajstić information content (AvgIpc) is 2.54. The number of alkyl halides is 1. The van der Waals surface area contributed by atoms with E-state index in [-0.39, 0.29) is 5.56 Å². The molecule has 0 saturated carbocycles. The Morgan fingerprint density at radius 2 is 1.81 bits per heavy atom. The molecule has 0 aromatic heterocycles. The molecule has 0 bridgehead atoms. The van der Waals surface area contributed by atoms with Crippen molar-refractivity contribution < 1.29 is 21.4 Å². The summed E-state index contributed by atoms with van der Waals surface area (Å²) < 4.78 is 67.4. The summed E-state index contributed by atoms with van der Waals surface area (Å²) in [5.74, 6) is -1.79. The Labute approximate surface area is 170 Å². The van der Waals surface area contributed by atoms with Crippen LogP contribution in [0.25, 0.3) is 0 Å². The van der Waals surface area contributed by atoms with Gasteiger partial charge in [0.15, 0.2) is 14.6 Å². The summed E-state index contributed by atoms with van der Waals surface area (Å²) in [6, 6.07) is 5.37. The molecule has 1 aromatic carbocycles. The van der Waals surface area contributed by atoms with Gasteiger partial charge >= 0.3 is 0 Å². The van der Waals surface area contributed by atoms with Crippen LogP contribution in [0, 0.1) is 17.1 Å². The lowest BCUT2D eigenvalue weighted by Gasteiger charge is -2.36. The number of hydrogen-bond donors (Lipinski definition) is 1. The van der Waals surface area contributed by atoms with Crippen LogP contribution in [-0.2, 0) is 26.4 Å². The van der Waals surface area contributed by atoms with Crippen molar-refractivity contribution in [2.24, 2.45) is 0 Å². The molecule has 1 aromatic rings. The maximum absolute atomic E-state index is 14.6. The molecule has 0 spiro atoms. The van der Waals surface area contributed by atoms with Gasteiger partial charge in [-0.15, -0.1) is 0 Å². The standard InChI is InChI=1S/C17H23BrF2N2O3S2/c1-15(2,3)26(23)22-17(9-19,11-27(24,25)16(4,5)10-21)13-8-12(18)6-7-14(13)20/h6-8,22H,9,11H2,1-5H3/t17-,26+/m0/s1. The zero-order chi connectivity index (χ0) is 21.3. The third-order valence-corrected chi connectivity index (χ3v) is 8.70. The van der Waals surface area contributed by atoms with Crippen molar-refractivity contribution in [3.8, 4) is 6.07 Å². The molecule has 0 amide bonds. The van der Waals surface area contributed by atoms with Crippen LogP contribution in [0.2, 0.25) is 0 Å². The van der Waals surface area contributed by atoms with E-state index < -0.39 is 54.1 Å². The van der Waals surface area contributed by atoms with Gasteiger partial charge in [0, 0.05) is 10.0 Å². The fraction of sp³-hybridized carbons (Fsp3) is 0.588. The van der Waals surface area contributed by atoms with Crippen LogP contribution in [-0.4, -0.2) is 34.5 Å². The predicted molar refractivity (Wildman–Crippen MR) is 106 cm³/mol. The van der Waals surface area contributed by atoms with E-state index in [1.165, 1.54) is 26.0 Å². The molecule has 5 nitrogen and oxygen atoms in total. The first kappa shape index (κ1) is 24.1. The van der Waals surface area contributed by atoms with Crippen molar-refractivity contribution in [2.45, 2.75) is 49.7 Å². The molecule has 0 heterocycles. The molecule has 0 aliphatic heterocycles. The summed E-state index contributed by atoms with van der Waals surface area (Å²) in [5.41, 5.74) is -2.41. The number of nitrogens with one attached hydrogen (secondary N) is 1. The van der Waals surface area contributed by atoms with Crippen LogP contribution in [0.5, 0.6) is 0 Å². The SMILES string of the molecule is CC(C)(C)[S@@](=O)N[C@@](CF)(CS(=O)(=O)C(C)(C)C#N)c1cc(Br)ccc1F. The Balaban J connectivity index is 3.68. The number of halogens is 3. The lowest BCUT2D eigenvalue weighted by molar-refractivity contribution is 0.303. The summed E-state index contributed by atoms with van der Waals surface area (Å²) >= 11 is 3.16. The van der Waals surface area contributed by atoms with Gasteiger partial charge in [-0.25, -0.2) is 26.1 Å². The smallest absolute Gasteiger partial charge is 0.171 e. The summed E-state index contributed by atoms with van der Waals surface area (Å²) in [4.78, 5) is 0. The van der Waals surface area contributed by atoms with Gasteiger partial charge in [0.2, 0.25) is 0 Å². The summed E-state index contributed by atoms with van der Waals surface area (Å²) in [6.45, 7) is 5.87. The van der Waals surface area contributed by atoms with Crippen molar-refractivity contribution in [3.63, 3.8) is 0 Å². The van der Waals surface area contributed by atoms with Crippen LogP contribution >= 0.6 is 15.9 Å². The van der Waals surface area contributed by atoms with Crippen LogP contribution in [0.1, 0.15) is 40.2 Å². The van der Waals surface area contributed by atoms with E-state index in [4.69, 9.17) is 0 Å². The van der Waals surface area contributed by atoms with Crippen LogP contribution in [0.15, 0.2) is 22.7 Å². The van der Waals surface area contributed by atoms with E-state index in [9.17, 15) is 26.7 Å². The zero-order valence-corrected chi connectivity index (χ0v) is 19.0. The summed E-state index contributed by atoms with van der Waals surface area (Å²) in [7, 11) is -6.13. The molecule has 10 heteroatoms. The zero-order valence-electron chi connectivity index (χ0n) is 15.8. The highest BCUT2D eigenvalue weighted by molar-refractivity contribution is 9.10. The quantitative estimate of drug-likeness (QED) is 0.641. The average molecular weight is 485 g/mol. The highest BCUT2D eigenvalue weighted by Crippen LogP contribution is 2.33. The first-order valence-corrected chi connectivity index (χ1v) is 11.6. The Kier molecular flexibility index (Phi) is 7.36. The van der Waals surface area contributed by atoms with E-state index in [1.54, 1.807) is 26.8 Å². The van der Waals surface area contributed by atoms with Crippen LogP contribution in [0.3, 0.4) is 0 Å². The summed E-state index contributed by atoms with van der Waals surface area (Å²) in [6.07, 6.45) is 0. The fourth-order valence-electron chi connectivity index (χ4n) is 2.07. The van der Waals surface area contributed by atoms with Gasteiger partial charge in [-0.1, -0.05) is 15.9 Å². The van der Waals surface area contributed by atoms with Gasteiger partial charge in [0.05, 0.1) is 27.6 Å². The molecule has 0 aliphatic carbocycles. The Morgan fingerprint density at radius 3 is 2.26 bits per heavy atom. The fourth-order valence-corrected chi connectivity index (χ4v) is 4.87. The van der Waals surface area contributed by atoms with E-state index in [2.05, 4.69) is 20.7 Å². The van der Waals surface area contributed by atoms with E-state index in [0.717, 1.165) is 6.07 Å². The first-order chi connectivity index (χ1) is 12.1. The van der Waals surface area contributed by atoms with Crippen molar-refractivity contribution in [1.29, 1.82) is 5.26 Å². The Bertz CT molecular complexity index is 877. The second-order valence-electron chi connectivity index (χ2n) is 7.70. The molecule has 0 fully saturated rings. The number of nitriles is 1. The minimum atomic E-state index is -4.23. The lowest BCUT2D eigenvalue weighted by atomic mass is 9.94. The largest absolute Gasteiger partial charge is 0.249 e. The number of hydrogen-bond acceptors (Lipinski definition) is 4. The molecule has 1 N–H and O–H groups in total. The number of rotatable bonds is 7. The van der Waals surface area contributed by atoms with E-state index in [1.807, 2.05) is 0 Å². The van der Waals surface area contributed by atoms with E-state index in [0.29, 0.717) is 4.47 Å². The van der Waals surface area contributed by atoms with Crippen molar-refractivity contribution >= 4 is 36.8 Å². The Morgan fingerprint density at radius 1 is 1.26 bits per heavy atom. The molecule has 0 unspecified atom stereocenters. The second-order valence-corrected chi connectivity index (χ2v) is 13.1. The van der Waals surface area contributed by atoms with Gasteiger partial charge < -0.3 is 0 Å². The monoisotopic (exact) mass is 484 g/mol. The van der Waals surface area contributed by atoms with Gasteiger partial charge in [0.1, 0.15) is 18.0 Å². The second kappa shape index (κ2) is 8.23. The van der Waals surface area contributed by atoms with Crippen LogP contribution < -0.4 is 4.72 Å². The minimum Gasteiger partial charge on any atom is -0.249 e. The van der Waals surface area contributed by atoms with Gasteiger partial charge in [-0.3, -0.25) is 0 Å². The molecule has 0 saturated heterocycles.